The van der Waals surface area contributed by atoms with Crippen molar-refractivity contribution in [2.45, 2.75) is 18.6 Å². The van der Waals surface area contributed by atoms with E-state index in [2.05, 4.69) is 30.6 Å². The number of aryl methyl sites for hydroxylation is 1. The number of hydrogen-bond donors (Lipinski definition) is 1. The van der Waals surface area contributed by atoms with Crippen molar-refractivity contribution in [1.29, 1.82) is 0 Å². The van der Waals surface area contributed by atoms with Gasteiger partial charge in [0, 0.05) is 23.0 Å². The van der Waals surface area contributed by atoms with Crippen molar-refractivity contribution in [3.63, 3.8) is 0 Å². The molecule has 152 valence electrons. The van der Waals surface area contributed by atoms with Crippen molar-refractivity contribution in [3.8, 4) is 17.1 Å². The van der Waals surface area contributed by atoms with Gasteiger partial charge in [-0.15, -0.1) is 10.2 Å². The molecule has 0 atom stereocenters. The molecule has 0 saturated carbocycles. The SMILES string of the molecule is Cc1ccc(-n2cnnc2SCC(=O)NCc2nc(-c3ccncc3)no2)cc1Cl. The van der Waals surface area contributed by atoms with E-state index in [-0.39, 0.29) is 18.2 Å². The number of pyridine rings is 1. The third kappa shape index (κ3) is 4.66. The first kappa shape index (κ1) is 20.0. The summed E-state index contributed by atoms with van der Waals surface area (Å²) in [5, 5.41) is 15.9. The van der Waals surface area contributed by atoms with Crippen molar-refractivity contribution < 1.29 is 9.32 Å². The van der Waals surface area contributed by atoms with Crippen LogP contribution in [0.15, 0.2) is 58.7 Å². The highest BCUT2D eigenvalue weighted by molar-refractivity contribution is 7.99. The molecular formula is C19H16ClN7O2S. The lowest BCUT2D eigenvalue weighted by molar-refractivity contribution is -0.118. The van der Waals surface area contributed by atoms with Gasteiger partial charge in [-0.05, 0) is 36.8 Å². The Kier molecular flexibility index (Phi) is 6.05. The van der Waals surface area contributed by atoms with Crippen LogP contribution in [0.5, 0.6) is 0 Å². The second kappa shape index (κ2) is 9.06. The fraction of sp³-hybridized carbons (Fsp3) is 0.158. The molecule has 9 nitrogen and oxygen atoms in total. The van der Waals surface area contributed by atoms with E-state index in [4.69, 9.17) is 16.1 Å². The van der Waals surface area contributed by atoms with Crippen LogP contribution in [0.3, 0.4) is 0 Å². The summed E-state index contributed by atoms with van der Waals surface area (Å²) >= 11 is 7.47. The summed E-state index contributed by atoms with van der Waals surface area (Å²) in [5.41, 5.74) is 2.60. The zero-order valence-electron chi connectivity index (χ0n) is 15.8. The summed E-state index contributed by atoms with van der Waals surface area (Å²) in [4.78, 5) is 20.4. The summed E-state index contributed by atoms with van der Waals surface area (Å²) in [6, 6.07) is 9.23. The summed E-state index contributed by atoms with van der Waals surface area (Å²) in [6.45, 7) is 2.07. The second-order valence-corrected chi connectivity index (χ2v) is 7.58. The van der Waals surface area contributed by atoms with Crippen LogP contribution >= 0.6 is 23.4 Å². The molecule has 1 aromatic carbocycles. The Balaban J connectivity index is 1.32. The molecule has 0 aliphatic rings. The van der Waals surface area contributed by atoms with Crippen LogP contribution in [0.2, 0.25) is 5.02 Å². The van der Waals surface area contributed by atoms with Crippen LogP contribution in [0.1, 0.15) is 11.5 Å². The Morgan fingerprint density at radius 3 is 2.90 bits per heavy atom. The van der Waals surface area contributed by atoms with E-state index in [0.29, 0.717) is 21.9 Å². The summed E-state index contributed by atoms with van der Waals surface area (Å²) in [5.74, 6) is 0.725. The van der Waals surface area contributed by atoms with Crippen molar-refractivity contribution in [2.75, 3.05) is 5.75 Å². The minimum absolute atomic E-state index is 0.137. The zero-order valence-corrected chi connectivity index (χ0v) is 17.4. The van der Waals surface area contributed by atoms with Gasteiger partial charge in [-0.2, -0.15) is 4.98 Å². The molecule has 30 heavy (non-hydrogen) atoms. The minimum atomic E-state index is -0.194. The van der Waals surface area contributed by atoms with Crippen LogP contribution < -0.4 is 5.32 Å². The number of carbonyl (C=O) groups excluding carboxylic acids is 1. The number of hydrogen-bond acceptors (Lipinski definition) is 8. The lowest BCUT2D eigenvalue weighted by Gasteiger charge is -2.08. The molecule has 0 unspecified atom stereocenters. The molecule has 4 rings (SSSR count). The molecule has 11 heteroatoms. The number of thioether (sulfide) groups is 1. The molecule has 3 heterocycles. The number of nitrogens with zero attached hydrogens (tertiary/aromatic N) is 6. The number of aromatic nitrogens is 6. The number of benzene rings is 1. The van der Waals surface area contributed by atoms with Gasteiger partial charge in [0.1, 0.15) is 6.33 Å². The van der Waals surface area contributed by atoms with E-state index >= 15 is 0 Å². The molecule has 0 spiro atoms. The molecule has 0 aliphatic carbocycles. The molecular weight excluding hydrogens is 426 g/mol. The Morgan fingerprint density at radius 2 is 2.10 bits per heavy atom. The number of amides is 1. The largest absolute Gasteiger partial charge is 0.346 e. The van der Waals surface area contributed by atoms with Gasteiger partial charge in [0.05, 0.1) is 18.0 Å². The molecule has 0 radical (unpaired) electrons. The molecule has 0 aliphatic heterocycles. The number of halogens is 1. The maximum Gasteiger partial charge on any atom is 0.246 e. The topological polar surface area (TPSA) is 112 Å². The predicted molar refractivity (Wildman–Crippen MR) is 111 cm³/mol. The van der Waals surface area contributed by atoms with Crippen molar-refractivity contribution in [2.24, 2.45) is 0 Å². The first-order valence-corrected chi connectivity index (χ1v) is 10.3. The van der Waals surface area contributed by atoms with Crippen LogP contribution in [-0.4, -0.2) is 41.5 Å². The fourth-order valence-electron chi connectivity index (χ4n) is 2.53. The van der Waals surface area contributed by atoms with Gasteiger partial charge in [-0.1, -0.05) is 34.6 Å². The third-order valence-electron chi connectivity index (χ3n) is 4.13. The normalized spacial score (nSPS) is 10.9. The van der Waals surface area contributed by atoms with Gasteiger partial charge in [-0.3, -0.25) is 14.3 Å². The van der Waals surface area contributed by atoms with Gasteiger partial charge in [-0.25, -0.2) is 0 Å². The Labute approximate surface area is 180 Å². The predicted octanol–water partition coefficient (Wildman–Crippen LogP) is 3.08. The Morgan fingerprint density at radius 1 is 1.27 bits per heavy atom. The average Bonchev–Trinajstić information content (AvgIpc) is 3.43. The summed E-state index contributed by atoms with van der Waals surface area (Å²) in [7, 11) is 0. The first-order valence-electron chi connectivity index (χ1n) is 8.89. The highest BCUT2D eigenvalue weighted by atomic mass is 35.5. The van der Waals surface area contributed by atoms with Crippen molar-refractivity contribution in [1.82, 2.24) is 35.2 Å². The van der Waals surface area contributed by atoms with Gasteiger partial charge in [0.25, 0.3) is 0 Å². The lowest BCUT2D eigenvalue weighted by Crippen LogP contribution is -2.24. The van der Waals surface area contributed by atoms with E-state index in [0.717, 1.165) is 16.8 Å². The minimum Gasteiger partial charge on any atom is -0.346 e. The fourth-order valence-corrected chi connectivity index (χ4v) is 3.47. The lowest BCUT2D eigenvalue weighted by atomic mass is 10.2. The molecule has 4 aromatic rings. The van der Waals surface area contributed by atoms with Crippen LogP contribution in [0, 0.1) is 6.92 Å². The number of nitrogens with one attached hydrogen (secondary N) is 1. The molecule has 3 aromatic heterocycles. The maximum absolute atomic E-state index is 12.2. The Hall–Kier alpha value is -3.24. The average molecular weight is 442 g/mol. The van der Waals surface area contributed by atoms with E-state index in [1.165, 1.54) is 11.8 Å². The molecule has 0 bridgehead atoms. The van der Waals surface area contributed by atoms with E-state index in [9.17, 15) is 4.79 Å². The standard InChI is InChI=1S/C19H16ClN7O2S/c1-12-2-3-14(8-15(12)20)27-11-23-25-19(27)30-10-16(28)22-9-17-24-18(26-29-17)13-4-6-21-7-5-13/h2-8,11H,9-10H2,1H3,(H,22,28). The number of carbonyl (C=O) groups is 1. The smallest absolute Gasteiger partial charge is 0.246 e. The molecule has 0 saturated heterocycles. The van der Waals surface area contributed by atoms with E-state index in [1.54, 1.807) is 35.4 Å². The van der Waals surface area contributed by atoms with Crippen LogP contribution in [0.25, 0.3) is 17.1 Å². The quantitative estimate of drug-likeness (QED) is 0.435. The maximum atomic E-state index is 12.2. The second-order valence-electron chi connectivity index (χ2n) is 6.23. The van der Waals surface area contributed by atoms with Crippen LogP contribution in [0.4, 0.5) is 0 Å². The van der Waals surface area contributed by atoms with E-state index < -0.39 is 0 Å². The van der Waals surface area contributed by atoms with Crippen molar-refractivity contribution >= 4 is 29.3 Å². The van der Waals surface area contributed by atoms with Crippen molar-refractivity contribution in [3.05, 3.63) is 65.5 Å². The first-order chi connectivity index (χ1) is 14.6. The number of rotatable bonds is 7. The van der Waals surface area contributed by atoms with Gasteiger partial charge >= 0.3 is 0 Å². The van der Waals surface area contributed by atoms with Crippen LogP contribution in [-0.2, 0) is 11.3 Å². The van der Waals surface area contributed by atoms with Gasteiger partial charge in [0.15, 0.2) is 5.16 Å². The molecule has 0 fully saturated rings. The zero-order chi connectivity index (χ0) is 20.9. The molecule has 1 N–H and O–H groups in total. The van der Waals surface area contributed by atoms with E-state index in [1.807, 2.05) is 25.1 Å². The van der Waals surface area contributed by atoms with Gasteiger partial charge < -0.3 is 9.84 Å². The molecule has 1 amide bonds. The highest BCUT2D eigenvalue weighted by Crippen LogP contribution is 2.23. The highest BCUT2D eigenvalue weighted by Gasteiger charge is 2.13. The Bertz CT molecular complexity index is 1160. The third-order valence-corrected chi connectivity index (χ3v) is 5.48. The monoisotopic (exact) mass is 441 g/mol. The summed E-state index contributed by atoms with van der Waals surface area (Å²) in [6.07, 6.45) is 4.88. The summed E-state index contributed by atoms with van der Waals surface area (Å²) < 4.78 is 6.96. The van der Waals surface area contributed by atoms with Gasteiger partial charge in [0.2, 0.25) is 17.6 Å².